The van der Waals surface area contributed by atoms with E-state index >= 15 is 0 Å². The second-order valence-electron chi connectivity index (χ2n) is 9.68. The standard InChI is InChI=1S/C25H32F2N8O2/c1-15(2)10-21-32-24(34-37-21)17-13-30-25(31-14-17)35-8-5-16(6-9-35)4-3-7-29-18-11-19(26)22(20(27)12-18)23(28)33-36/h11-16,29,36H,3-10H2,1-2H3,(H2,28,33). The van der Waals surface area contributed by atoms with Crippen molar-refractivity contribution in [3.05, 3.63) is 47.6 Å². The van der Waals surface area contributed by atoms with Crippen LogP contribution in [0.4, 0.5) is 20.4 Å². The molecule has 3 aromatic rings. The second kappa shape index (κ2) is 11.9. The van der Waals surface area contributed by atoms with Gasteiger partial charge in [0.05, 0.1) is 11.1 Å². The maximum absolute atomic E-state index is 14.1. The fourth-order valence-corrected chi connectivity index (χ4v) is 4.42. The molecule has 1 aliphatic heterocycles. The summed E-state index contributed by atoms with van der Waals surface area (Å²) in [6, 6.07) is 2.28. The Morgan fingerprint density at radius 3 is 2.51 bits per heavy atom. The molecule has 1 saturated heterocycles. The first kappa shape index (κ1) is 26.2. The molecule has 1 aliphatic rings. The molecule has 1 fully saturated rings. The molecule has 3 heterocycles. The van der Waals surface area contributed by atoms with Crippen molar-refractivity contribution >= 4 is 17.5 Å². The smallest absolute Gasteiger partial charge is 0.227 e. The van der Waals surface area contributed by atoms with Gasteiger partial charge in [-0.05, 0) is 49.7 Å². The van der Waals surface area contributed by atoms with Crippen molar-refractivity contribution in [2.75, 3.05) is 29.9 Å². The van der Waals surface area contributed by atoms with Crippen LogP contribution in [0.5, 0.6) is 0 Å². The van der Waals surface area contributed by atoms with E-state index in [0.717, 1.165) is 62.9 Å². The fraction of sp³-hybridized carbons (Fsp3) is 0.480. The summed E-state index contributed by atoms with van der Waals surface area (Å²) < 4.78 is 33.5. The Hall–Kier alpha value is -3.83. The predicted molar refractivity (Wildman–Crippen MR) is 135 cm³/mol. The zero-order valence-electron chi connectivity index (χ0n) is 21.0. The lowest BCUT2D eigenvalue weighted by Gasteiger charge is -2.32. The third-order valence-corrected chi connectivity index (χ3v) is 6.37. The lowest BCUT2D eigenvalue weighted by molar-refractivity contribution is 0.318. The second-order valence-corrected chi connectivity index (χ2v) is 9.68. The number of amidine groups is 1. The summed E-state index contributed by atoms with van der Waals surface area (Å²) in [7, 11) is 0. The van der Waals surface area contributed by atoms with Crippen LogP contribution >= 0.6 is 0 Å². The minimum Gasteiger partial charge on any atom is -0.409 e. The Bertz CT molecular complexity index is 1180. The number of nitrogens with two attached hydrogens (primary N) is 1. The Morgan fingerprint density at radius 1 is 1.22 bits per heavy atom. The Balaban J connectivity index is 1.20. The number of oxime groups is 1. The highest BCUT2D eigenvalue weighted by Gasteiger charge is 2.21. The summed E-state index contributed by atoms with van der Waals surface area (Å²) >= 11 is 0. The zero-order valence-corrected chi connectivity index (χ0v) is 21.0. The average Bonchev–Trinajstić information content (AvgIpc) is 3.34. The molecule has 0 radical (unpaired) electrons. The van der Waals surface area contributed by atoms with Crippen LogP contribution in [-0.2, 0) is 6.42 Å². The normalized spacial score (nSPS) is 14.9. The quantitative estimate of drug-likeness (QED) is 0.119. The van der Waals surface area contributed by atoms with Gasteiger partial charge >= 0.3 is 0 Å². The molecular weight excluding hydrogens is 482 g/mol. The monoisotopic (exact) mass is 514 g/mol. The van der Waals surface area contributed by atoms with Gasteiger partial charge in [0.25, 0.3) is 0 Å². The molecule has 1 aromatic carbocycles. The van der Waals surface area contributed by atoms with Crippen LogP contribution in [0.3, 0.4) is 0 Å². The van der Waals surface area contributed by atoms with Gasteiger partial charge in [0, 0.05) is 44.1 Å². The molecule has 0 unspecified atom stereocenters. The molecule has 0 bridgehead atoms. The van der Waals surface area contributed by atoms with Gasteiger partial charge in [-0.1, -0.05) is 24.2 Å². The number of nitrogens with zero attached hydrogens (tertiary/aromatic N) is 6. The van der Waals surface area contributed by atoms with E-state index in [1.165, 1.54) is 0 Å². The van der Waals surface area contributed by atoms with Crippen molar-refractivity contribution in [3.63, 3.8) is 0 Å². The Kier molecular flexibility index (Phi) is 8.47. The van der Waals surface area contributed by atoms with Crippen LogP contribution in [0.25, 0.3) is 11.4 Å². The summed E-state index contributed by atoms with van der Waals surface area (Å²) in [5, 5.41) is 18.4. The van der Waals surface area contributed by atoms with Gasteiger partial charge in [0.15, 0.2) is 5.84 Å². The van der Waals surface area contributed by atoms with E-state index in [1.54, 1.807) is 12.4 Å². The molecule has 4 N–H and O–H groups in total. The number of anilines is 2. The molecule has 0 aliphatic carbocycles. The van der Waals surface area contributed by atoms with Gasteiger partial charge in [0.2, 0.25) is 17.7 Å². The van der Waals surface area contributed by atoms with Crippen LogP contribution in [0, 0.1) is 23.5 Å². The maximum Gasteiger partial charge on any atom is 0.227 e. The molecule has 0 spiro atoms. The highest BCUT2D eigenvalue weighted by Crippen LogP contribution is 2.25. The van der Waals surface area contributed by atoms with Crippen molar-refractivity contribution in [2.24, 2.45) is 22.7 Å². The summed E-state index contributed by atoms with van der Waals surface area (Å²) in [5.41, 5.74) is 5.83. The number of piperidine rings is 1. The number of benzene rings is 1. The van der Waals surface area contributed by atoms with Crippen LogP contribution in [-0.4, -0.2) is 50.8 Å². The van der Waals surface area contributed by atoms with Gasteiger partial charge in [-0.25, -0.2) is 18.7 Å². The number of aromatic nitrogens is 4. The molecule has 4 rings (SSSR count). The third-order valence-electron chi connectivity index (χ3n) is 6.37. The number of hydrogen-bond acceptors (Lipinski definition) is 9. The van der Waals surface area contributed by atoms with E-state index in [-0.39, 0.29) is 0 Å². The van der Waals surface area contributed by atoms with E-state index < -0.39 is 23.0 Å². The lowest BCUT2D eigenvalue weighted by Crippen LogP contribution is -2.34. The van der Waals surface area contributed by atoms with Crippen molar-refractivity contribution < 1.29 is 18.5 Å². The molecule has 198 valence electrons. The van der Waals surface area contributed by atoms with Crippen molar-refractivity contribution in [2.45, 2.75) is 46.0 Å². The Morgan fingerprint density at radius 2 is 1.89 bits per heavy atom. The van der Waals surface area contributed by atoms with Gasteiger partial charge in [0.1, 0.15) is 11.6 Å². The first-order valence-corrected chi connectivity index (χ1v) is 12.4. The lowest BCUT2D eigenvalue weighted by atomic mass is 9.92. The number of halogens is 2. The largest absolute Gasteiger partial charge is 0.409 e. The summed E-state index contributed by atoms with van der Waals surface area (Å²) in [6.07, 6.45) is 8.10. The number of hydrogen-bond donors (Lipinski definition) is 3. The third kappa shape index (κ3) is 6.69. The summed E-state index contributed by atoms with van der Waals surface area (Å²) in [4.78, 5) is 15.6. The van der Waals surface area contributed by atoms with Crippen LogP contribution in [0.15, 0.2) is 34.2 Å². The topological polar surface area (TPSA) is 139 Å². The first-order chi connectivity index (χ1) is 17.8. The first-order valence-electron chi connectivity index (χ1n) is 12.4. The van der Waals surface area contributed by atoms with Gasteiger partial charge in [-0.15, -0.1) is 0 Å². The van der Waals surface area contributed by atoms with Gasteiger partial charge in [-0.2, -0.15) is 4.98 Å². The van der Waals surface area contributed by atoms with E-state index in [2.05, 4.69) is 49.3 Å². The van der Waals surface area contributed by atoms with Crippen LogP contribution < -0.4 is 16.0 Å². The molecule has 0 saturated carbocycles. The molecule has 2 aromatic heterocycles. The van der Waals surface area contributed by atoms with Crippen molar-refractivity contribution in [1.82, 2.24) is 20.1 Å². The minimum atomic E-state index is -0.881. The highest BCUT2D eigenvalue weighted by molar-refractivity contribution is 5.97. The maximum atomic E-state index is 14.1. The van der Waals surface area contributed by atoms with E-state index in [9.17, 15) is 8.78 Å². The van der Waals surface area contributed by atoms with Crippen molar-refractivity contribution in [1.29, 1.82) is 0 Å². The van der Waals surface area contributed by atoms with E-state index in [1.807, 2.05) is 0 Å². The van der Waals surface area contributed by atoms with E-state index in [4.69, 9.17) is 15.5 Å². The SMILES string of the molecule is CC(C)Cc1nc(-c2cnc(N3CCC(CCCNc4cc(F)c(/C(N)=N/O)c(F)c4)CC3)nc2)no1. The Labute approximate surface area is 214 Å². The molecular formula is C25H32F2N8O2. The van der Waals surface area contributed by atoms with Crippen LogP contribution in [0.2, 0.25) is 0 Å². The molecule has 12 heteroatoms. The minimum absolute atomic E-state index is 0.317. The zero-order chi connectivity index (χ0) is 26.4. The van der Waals surface area contributed by atoms with Gasteiger partial charge < -0.3 is 25.7 Å². The van der Waals surface area contributed by atoms with Crippen molar-refractivity contribution in [3.8, 4) is 11.4 Å². The highest BCUT2D eigenvalue weighted by atomic mass is 19.1. The fourth-order valence-electron chi connectivity index (χ4n) is 4.42. The van der Waals surface area contributed by atoms with Gasteiger partial charge in [-0.3, -0.25) is 0 Å². The van der Waals surface area contributed by atoms with Crippen LogP contribution in [0.1, 0.15) is 51.0 Å². The molecule has 0 amide bonds. The summed E-state index contributed by atoms with van der Waals surface area (Å²) in [6.45, 7) is 6.51. The van der Waals surface area contributed by atoms with E-state index in [0.29, 0.717) is 41.7 Å². The molecule has 0 atom stereocenters. The number of rotatable bonds is 10. The summed E-state index contributed by atoms with van der Waals surface area (Å²) in [5.74, 6) is 0.438. The molecule has 37 heavy (non-hydrogen) atoms. The molecule has 10 nitrogen and oxygen atoms in total. The number of nitrogens with one attached hydrogen (secondary N) is 1. The predicted octanol–water partition coefficient (Wildman–Crippen LogP) is 4.21. The average molecular weight is 515 g/mol.